The topological polar surface area (TPSA) is 96.5 Å². The third-order valence-electron chi connectivity index (χ3n) is 4.48. The van der Waals surface area contributed by atoms with Crippen LogP contribution in [0.15, 0.2) is 48.5 Å². The average Bonchev–Trinajstić information content (AvgIpc) is 2.69. The second-order valence-corrected chi connectivity index (χ2v) is 9.61. The van der Waals surface area contributed by atoms with E-state index in [1.165, 1.54) is 0 Å². The average molecular weight is 440 g/mol. The number of hydrogen-bond acceptors (Lipinski definition) is 4. The zero-order chi connectivity index (χ0) is 23.9. The predicted molar refractivity (Wildman–Crippen MR) is 126 cm³/mol. The molecule has 0 saturated carbocycles. The van der Waals surface area contributed by atoms with Gasteiger partial charge < -0.3 is 20.7 Å². The van der Waals surface area contributed by atoms with Crippen LogP contribution in [0.5, 0.6) is 0 Å². The quantitative estimate of drug-likeness (QED) is 0.622. The maximum atomic E-state index is 12.6. The molecule has 0 saturated heterocycles. The second-order valence-electron chi connectivity index (χ2n) is 9.61. The highest BCUT2D eigenvalue weighted by atomic mass is 16.6. The summed E-state index contributed by atoms with van der Waals surface area (Å²) in [7, 11) is 0. The Kier molecular flexibility index (Phi) is 8.02. The maximum absolute atomic E-state index is 12.6. The first-order chi connectivity index (χ1) is 14.8. The Morgan fingerprint density at radius 2 is 1.53 bits per heavy atom. The molecular formula is C25H33N3O4. The molecule has 0 spiro atoms. The summed E-state index contributed by atoms with van der Waals surface area (Å²) in [5.41, 5.74) is 2.58. The van der Waals surface area contributed by atoms with Crippen LogP contribution in [0, 0.1) is 0 Å². The SMILES string of the molecule is CC(C)(C)OC(=O)NCC(=O)NCc1cccc(NC(=O)c2ccc(C(C)(C)C)cc2)c1. The minimum absolute atomic E-state index is 0.0240. The molecule has 0 aliphatic heterocycles. The van der Waals surface area contributed by atoms with Crippen molar-refractivity contribution in [3.8, 4) is 0 Å². The normalized spacial score (nSPS) is 11.4. The standard InChI is InChI=1S/C25H33N3O4/c1-24(2,3)19-12-10-18(11-13-19)22(30)28-20-9-7-8-17(14-20)15-26-21(29)16-27-23(31)32-25(4,5)6/h7-14H,15-16H2,1-6H3,(H,26,29)(H,27,31)(H,28,30). The van der Waals surface area contributed by atoms with Gasteiger partial charge in [0.05, 0.1) is 0 Å². The van der Waals surface area contributed by atoms with Gasteiger partial charge in [0.15, 0.2) is 0 Å². The molecule has 0 aliphatic rings. The molecule has 2 aromatic carbocycles. The highest BCUT2D eigenvalue weighted by Crippen LogP contribution is 2.22. The van der Waals surface area contributed by atoms with Crippen LogP contribution in [0.25, 0.3) is 0 Å². The van der Waals surface area contributed by atoms with Crippen molar-refractivity contribution in [1.82, 2.24) is 10.6 Å². The number of alkyl carbamates (subject to hydrolysis) is 1. The summed E-state index contributed by atoms with van der Waals surface area (Å²) in [6.07, 6.45) is -0.645. The second kappa shape index (κ2) is 10.3. The van der Waals surface area contributed by atoms with Crippen molar-refractivity contribution >= 4 is 23.6 Å². The molecular weight excluding hydrogens is 406 g/mol. The van der Waals surface area contributed by atoms with Crippen LogP contribution >= 0.6 is 0 Å². The number of benzene rings is 2. The molecule has 0 bridgehead atoms. The molecule has 172 valence electrons. The van der Waals surface area contributed by atoms with Gasteiger partial charge in [-0.1, -0.05) is 45.0 Å². The van der Waals surface area contributed by atoms with E-state index in [9.17, 15) is 14.4 Å². The molecule has 2 rings (SSSR count). The Bertz CT molecular complexity index is 954. The van der Waals surface area contributed by atoms with Crippen LogP contribution in [-0.4, -0.2) is 30.1 Å². The summed E-state index contributed by atoms with van der Waals surface area (Å²) < 4.78 is 5.09. The van der Waals surface area contributed by atoms with E-state index in [4.69, 9.17) is 4.74 Å². The molecule has 3 amide bonds. The highest BCUT2D eigenvalue weighted by Gasteiger charge is 2.17. The van der Waals surface area contributed by atoms with Crippen molar-refractivity contribution in [2.75, 3.05) is 11.9 Å². The first-order valence-corrected chi connectivity index (χ1v) is 10.6. The van der Waals surface area contributed by atoms with Crippen LogP contribution in [0.2, 0.25) is 0 Å². The lowest BCUT2D eigenvalue weighted by atomic mass is 9.87. The molecule has 0 aromatic heterocycles. The monoisotopic (exact) mass is 439 g/mol. The van der Waals surface area contributed by atoms with Crippen LogP contribution in [0.1, 0.15) is 63.0 Å². The van der Waals surface area contributed by atoms with Gasteiger partial charge in [0.1, 0.15) is 12.1 Å². The zero-order valence-corrected chi connectivity index (χ0v) is 19.7. The zero-order valence-electron chi connectivity index (χ0n) is 19.7. The lowest BCUT2D eigenvalue weighted by molar-refractivity contribution is -0.120. The lowest BCUT2D eigenvalue weighted by Gasteiger charge is -2.19. The van der Waals surface area contributed by atoms with Gasteiger partial charge in [-0.3, -0.25) is 9.59 Å². The Hall–Kier alpha value is -3.35. The summed E-state index contributed by atoms with van der Waals surface area (Å²) in [4.78, 5) is 36.2. The van der Waals surface area contributed by atoms with Crippen molar-refractivity contribution in [2.24, 2.45) is 0 Å². The van der Waals surface area contributed by atoms with Crippen LogP contribution in [0.4, 0.5) is 10.5 Å². The van der Waals surface area contributed by atoms with Gasteiger partial charge >= 0.3 is 6.09 Å². The molecule has 0 radical (unpaired) electrons. The number of amides is 3. The first-order valence-electron chi connectivity index (χ1n) is 10.6. The van der Waals surface area contributed by atoms with E-state index in [0.717, 1.165) is 11.1 Å². The summed E-state index contributed by atoms with van der Waals surface area (Å²) >= 11 is 0. The Morgan fingerprint density at radius 1 is 0.875 bits per heavy atom. The van der Waals surface area contributed by atoms with Crippen LogP contribution in [0.3, 0.4) is 0 Å². The van der Waals surface area contributed by atoms with Gasteiger partial charge in [0, 0.05) is 17.8 Å². The van der Waals surface area contributed by atoms with E-state index in [0.29, 0.717) is 11.3 Å². The molecule has 0 unspecified atom stereocenters. The minimum Gasteiger partial charge on any atom is -0.444 e. The Labute approximate surface area is 189 Å². The number of rotatable bonds is 6. The van der Waals surface area contributed by atoms with Crippen molar-refractivity contribution in [3.05, 3.63) is 65.2 Å². The number of ether oxygens (including phenoxy) is 1. The van der Waals surface area contributed by atoms with Crippen molar-refractivity contribution in [3.63, 3.8) is 0 Å². The molecule has 7 heteroatoms. The number of carbonyl (C=O) groups is 3. The number of nitrogens with one attached hydrogen (secondary N) is 3. The fourth-order valence-electron chi connectivity index (χ4n) is 2.81. The fraction of sp³-hybridized carbons (Fsp3) is 0.400. The molecule has 32 heavy (non-hydrogen) atoms. The summed E-state index contributed by atoms with van der Waals surface area (Å²) in [5, 5.41) is 8.02. The van der Waals surface area contributed by atoms with Crippen molar-refractivity contribution in [2.45, 2.75) is 59.1 Å². The van der Waals surface area contributed by atoms with Crippen molar-refractivity contribution in [1.29, 1.82) is 0 Å². The third-order valence-corrected chi connectivity index (χ3v) is 4.48. The largest absolute Gasteiger partial charge is 0.444 e. The molecule has 0 aliphatic carbocycles. The van der Waals surface area contributed by atoms with E-state index in [1.54, 1.807) is 39.0 Å². The Morgan fingerprint density at radius 3 is 2.12 bits per heavy atom. The van der Waals surface area contributed by atoms with E-state index in [2.05, 4.69) is 36.7 Å². The summed E-state index contributed by atoms with van der Waals surface area (Å²) in [5.74, 6) is -0.544. The summed E-state index contributed by atoms with van der Waals surface area (Å²) in [6, 6.07) is 14.8. The van der Waals surface area contributed by atoms with E-state index in [-0.39, 0.29) is 30.3 Å². The van der Waals surface area contributed by atoms with Crippen molar-refractivity contribution < 1.29 is 19.1 Å². The molecule has 3 N–H and O–H groups in total. The molecule has 7 nitrogen and oxygen atoms in total. The number of anilines is 1. The highest BCUT2D eigenvalue weighted by molar-refractivity contribution is 6.04. The van der Waals surface area contributed by atoms with Gasteiger partial charge in [0.2, 0.25) is 5.91 Å². The van der Waals surface area contributed by atoms with Gasteiger partial charge in [-0.2, -0.15) is 0 Å². The first kappa shape index (κ1) is 24.9. The molecule has 2 aromatic rings. The van der Waals surface area contributed by atoms with Gasteiger partial charge in [-0.25, -0.2) is 4.79 Å². The van der Waals surface area contributed by atoms with Gasteiger partial charge in [-0.05, 0) is 61.6 Å². The molecule has 0 heterocycles. The van der Waals surface area contributed by atoms with Gasteiger partial charge in [0.25, 0.3) is 5.91 Å². The van der Waals surface area contributed by atoms with E-state index < -0.39 is 11.7 Å². The smallest absolute Gasteiger partial charge is 0.408 e. The third kappa shape index (κ3) is 8.41. The van der Waals surface area contributed by atoms with E-state index >= 15 is 0 Å². The predicted octanol–water partition coefficient (Wildman–Crippen LogP) is 4.38. The van der Waals surface area contributed by atoms with Gasteiger partial charge in [-0.15, -0.1) is 0 Å². The Balaban J connectivity index is 1.87. The van der Waals surface area contributed by atoms with Crippen LogP contribution in [-0.2, 0) is 21.5 Å². The maximum Gasteiger partial charge on any atom is 0.408 e. The lowest BCUT2D eigenvalue weighted by Crippen LogP contribution is -2.39. The summed E-state index contributed by atoms with van der Waals surface area (Å²) in [6.45, 7) is 11.7. The fourth-order valence-corrected chi connectivity index (χ4v) is 2.81. The van der Waals surface area contributed by atoms with E-state index in [1.807, 2.05) is 30.3 Å². The molecule has 0 atom stereocenters. The number of carbonyl (C=O) groups excluding carboxylic acids is 3. The minimum atomic E-state index is -0.645. The van der Waals surface area contributed by atoms with Crippen LogP contribution < -0.4 is 16.0 Å². The molecule has 0 fully saturated rings. The number of hydrogen-bond donors (Lipinski definition) is 3.